The molecule has 1 heterocycles. The summed E-state index contributed by atoms with van der Waals surface area (Å²) in [7, 11) is 5.88. The molecule has 0 spiro atoms. The van der Waals surface area contributed by atoms with Crippen LogP contribution in [0.25, 0.3) is 0 Å². The van der Waals surface area contributed by atoms with Crippen LogP contribution in [0.5, 0.6) is 0 Å². The normalized spacial score (nSPS) is 20.3. The van der Waals surface area contributed by atoms with Crippen molar-refractivity contribution in [2.45, 2.75) is 32.9 Å². The van der Waals surface area contributed by atoms with Gasteiger partial charge in [-0.1, -0.05) is 25.4 Å². The van der Waals surface area contributed by atoms with Crippen molar-refractivity contribution in [3.63, 3.8) is 0 Å². The van der Waals surface area contributed by atoms with Crippen LogP contribution in [0.15, 0.2) is 17.3 Å². The van der Waals surface area contributed by atoms with Gasteiger partial charge in [-0.25, -0.2) is 0 Å². The summed E-state index contributed by atoms with van der Waals surface area (Å²) in [5, 5.41) is 4.29. The summed E-state index contributed by atoms with van der Waals surface area (Å²) in [4.78, 5) is 6.48. The van der Waals surface area contributed by atoms with Crippen molar-refractivity contribution in [3.05, 3.63) is 23.0 Å². The topological polar surface area (TPSA) is 32.6 Å². The lowest BCUT2D eigenvalue weighted by molar-refractivity contribution is 0.454. The largest absolute Gasteiger partial charge is 0.353 e. The smallest absolute Gasteiger partial charge is 0.193 e. The standard InChI is InChI=1S/C14H23ClN4.HI/c1-14(2)7-12(14)17-13(16-3)19(5)9-11-6-10(15)8-18(11)4;/h6,8,12H,7,9H2,1-5H3,(H,16,17);1H. The van der Waals surface area contributed by atoms with Crippen molar-refractivity contribution in [1.29, 1.82) is 0 Å². The van der Waals surface area contributed by atoms with Crippen LogP contribution in [-0.4, -0.2) is 35.6 Å². The lowest BCUT2D eigenvalue weighted by Crippen LogP contribution is -2.41. The summed E-state index contributed by atoms with van der Waals surface area (Å²) in [6.07, 6.45) is 3.13. The Bertz CT molecular complexity index is 495. The van der Waals surface area contributed by atoms with E-state index in [1.165, 1.54) is 12.1 Å². The minimum Gasteiger partial charge on any atom is -0.353 e. The van der Waals surface area contributed by atoms with Crippen LogP contribution >= 0.6 is 35.6 Å². The average molecular weight is 411 g/mol. The van der Waals surface area contributed by atoms with Gasteiger partial charge in [-0.2, -0.15) is 0 Å². The number of nitrogens with zero attached hydrogens (tertiary/aromatic N) is 3. The molecule has 1 aromatic heterocycles. The number of halogens is 2. The number of rotatable bonds is 3. The van der Waals surface area contributed by atoms with E-state index in [4.69, 9.17) is 11.6 Å². The van der Waals surface area contributed by atoms with Crippen molar-refractivity contribution in [1.82, 2.24) is 14.8 Å². The molecule has 114 valence electrons. The SMILES string of the molecule is CN=C(NC1CC1(C)C)N(C)Cc1cc(Cl)cn1C.I. The van der Waals surface area contributed by atoms with Gasteiger partial charge in [0.25, 0.3) is 0 Å². The maximum absolute atomic E-state index is 6.01. The highest BCUT2D eigenvalue weighted by Crippen LogP contribution is 2.44. The van der Waals surface area contributed by atoms with E-state index in [2.05, 4.69) is 29.1 Å². The molecule has 1 aromatic rings. The van der Waals surface area contributed by atoms with Gasteiger partial charge in [0.15, 0.2) is 5.96 Å². The molecule has 0 bridgehead atoms. The molecule has 2 rings (SSSR count). The number of nitrogens with one attached hydrogen (secondary N) is 1. The van der Waals surface area contributed by atoms with Crippen LogP contribution in [-0.2, 0) is 13.6 Å². The third-order valence-electron chi connectivity index (χ3n) is 3.86. The van der Waals surface area contributed by atoms with Crippen molar-refractivity contribution in [2.75, 3.05) is 14.1 Å². The highest BCUT2D eigenvalue weighted by molar-refractivity contribution is 14.0. The first-order chi connectivity index (χ1) is 8.83. The quantitative estimate of drug-likeness (QED) is 0.472. The Morgan fingerprint density at radius 2 is 2.20 bits per heavy atom. The van der Waals surface area contributed by atoms with Gasteiger partial charge in [0.05, 0.1) is 11.6 Å². The summed E-state index contributed by atoms with van der Waals surface area (Å²) < 4.78 is 2.05. The molecule has 0 saturated heterocycles. The molecule has 20 heavy (non-hydrogen) atoms. The van der Waals surface area contributed by atoms with E-state index in [9.17, 15) is 0 Å². The van der Waals surface area contributed by atoms with E-state index in [0.29, 0.717) is 11.5 Å². The van der Waals surface area contributed by atoms with Crippen molar-refractivity contribution in [3.8, 4) is 0 Å². The van der Waals surface area contributed by atoms with Crippen LogP contribution in [0.4, 0.5) is 0 Å². The van der Waals surface area contributed by atoms with Crippen molar-refractivity contribution in [2.24, 2.45) is 17.5 Å². The number of aromatic nitrogens is 1. The van der Waals surface area contributed by atoms with Gasteiger partial charge >= 0.3 is 0 Å². The Morgan fingerprint density at radius 3 is 2.60 bits per heavy atom. The molecule has 1 unspecified atom stereocenters. The molecule has 1 atom stereocenters. The lowest BCUT2D eigenvalue weighted by Gasteiger charge is -2.23. The second-order valence-electron chi connectivity index (χ2n) is 6.05. The number of aryl methyl sites for hydroxylation is 1. The van der Waals surface area contributed by atoms with Gasteiger partial charge in [-0.05, 0) is 17.9 Å². The van der Waals surface area contributed by atoms with Gasteiger partial charge in [0.1, 0.15) is 0 Å². The Labute approximate surface area is 143 Å². The van der Waals surface area contributed by atoms with Gasteiger partial charge < -0.3 is 14.8 Å². The van der Waals surface area contributed by atoms with Crippen LogP contribution < -0.4 is 5.32 Å². The maximum Gasteiger partial charge on any atom is 0.193 e. The molecular weight excluding hydrogens is 387 g/mol. The first-order valence-corrected chi connectivity index (χ1v) is 6.96. The zero-order chi connectivity index (χ0) is 14.2. The molecule has 1 fully saturated rings. The highest BCUT2D eigenvalue weighted by atomic mass is 127. The molecule has 6 heteroatoms. The Morgan fingerprint density at radius 1 is 1.60 bits per heavy atom. The Balaban J connectivity index is 0.00000200. The summed E-state index contributed by atoms with van der Waals surface area (Å²) >= 11 is 6.01. The van der Waals surface area contributed by atoms with Crippen molar-refractivity contribution < 1.29 is 0 Å². The Kier molecular flexibility index (Phi) is 5.78. The second-order valence-corrected chi connectivity index (χ2v) is 6.49. The minimum atomic E-state index is 0. The van der Waals surface area contributed by atoms with Gasteiger partial charge in [0.2, 0.25) is 0 Å². The molecule has 4 nitrogen and oxygen atoms in total. The average Bonchev–Trinajstić information content (AvgIpc) is 2.78. The maximum atomic E-state index is 6.01. The number of guanidine groups is 1. The van der Waals surface area contributed by atoms with Crippen LogP contribution in [0.3, 0.4) is 0 Å². The molecule has 0 aliphatic heterocycles. The number of hydrogen-bond donors (Lipinski definition) is 1. The summed E-state index contributed by atoms with van der Waals surface area (Å²) in [6, 6.07) is 2.53. The fourth-order valence-corrected chi connectivity index (χ4v) is 2.53. The highest BCUT2D eigenvalue weighted by Gasteiger charge is 2.46. The fraction of sp³-hybridized carbons (Fsp3) is 0.643. The molecule has 0 amide bonds. The predicted molar refractivity (Wildman–Crippen MR) is 96.0 cm³/mol. The van der Waals surface area contributed by atoms with Gasteiger partial charge in [0, 0.05) is 39.1 Å². The fourth-order valence-electron chi connectivity index (χ4n) is 2.26. The van der Waals surface area contributed by atoms with E-state index >= 15 is 0 Å². The third-order valence-corrected chi connectivity index (χ3v) is 4.07. The van der Waals surface area contributed by atoms with Crippen LogP contribution in [0.1, 0.15) is 26.0 Å². The molecule has 1 aliphatic rings. The first-order valence-electron chi connectivity index (χ1n) is 6.58. The van der Waals surface area contributed by atoms with Crippen LogP contribution in [0, 0.1) is 5.41 Å². The van der Waals surface area contributed by atoms with E-state index < -0.39 is 0 Å². The monoisotopic (exact) mass is 410 g/mol. The second kappa shape index (κ2) is 6.56. The zero-order valence-corrected chi connectivity index (χ0v) is 15.9. The third kappa shape index (κ3) is 4.04. The van der Waals surface area contributed by atoms with E-state index in [-0.39, 0.29) is 24.0 Å². The molecule has 0 aromatic carbocycles. The molecular formula is C14H24ClIN4. The zero-order valence-electron chi connectivity index (χ0n) is 12.8. The molecule has 1 N–H and O–H groups in total. The predicted octanol–water partition coefficient (Wildman–Crippen LogP) is 3.10. The van der Waals surface area contributed by atoms with E-state index in [1.807, 2.05) is 38.0 Å². The number of hydrogen-bond acceptors (Lipinski definition) is 1. The summed E-state index contributed by atoms with van der Waals surface area (Å²) in [6.45, 7) is 5.33. The number of aliphatic imine (C=N–C) groups is 1. The van der Waals surface area contributed by atoms with Crippen molar-refractivity contribution >= 4 is 41.5 Å². The summed E-state index contributed by atoms with van der Waals surface area (Å²) in [5.41, 5.74) is 1.57. The molecule has 1 saturated carbocycles. The molecule has 1 aliphatic carbocycles. The lowest BCUT2D eigenvalue weighted by atomic mass is 10.2. The Hall–Kier alpha value is -0.430. The minimum absolute atomic E-state index is 0. The van der Waals surface area contributed by atoms with Crippen LogP contribution in [0.2, 0.25) is 5.02 Å². The van der Waals surface area contributed by atoms with Gasteiger partial charge in [-0.3, -0.25) is 4.99 Å². The van der Waals surface area contributed by atoms with Gasteiger partial charge in [-0.15, -0.1) is 24.0 Å². The van der Waals surface area contributed by atoms with E-state index in [0.717, 1.165) is 17.5 Å². The summed E-state index contributed by atoms with van der Waals surface area (Å²) in [5.74, 6) is 0.938. The first kappa shape index (κ1) is 17.6. The van der Waals surface area contributed by atoms with E-state index in [1.54, 1.807) is 0 Å². The molecule has 0 radical (unpaired) electrons.